The van der Waals surface area contributed by atoms with E-state index in [4.69, 9.17) is 21.1 Å². The zero-order valence-electron chi connectivity index (χ0n) is 18.2. The summed E-state index contributed by atoms with van der Waals surface area (Å²) in [4.78, 5) is 26.7. The van der Waals surface area contributed by atoms with E-state index in [2.05, 4.69) is 15.5 Å². The van der Waals surface area contributed by atoms with Crippen molar-refractivity contribution in [3.8, 4) is 11.5 Å². The minimum absolute atomic E-state index is 0.0314. The van der Waals surface area contributed by atoms with Crippen LogP contribution in [-0.4, -0.2) is 46.0 Å². The summed E-state index contributed by atoms with van der Waals surface area (Å²) in [5.74, 6) is 1.54. The number of methoxy groups -OCH3 is 1. The molecule has 1 aromatic heterocycles. The van der Waals surface area contributed by atoms with Gasteiger partial charge in [0.15, 0.2) is 17.6 Å². The number of anilines is 2. The van der Waals surface area contributed by atoms with E-state index in [0.29, 0.717) is 38.9 Å². The quantitative estimate of drug-likeness (QED) is 0.507. The molecule has 1 atom stereocenters. The molecule has 9 nitrogen and oxygen atoms in total. The summed E-state index contributed by atoms with van der Waals surface area (Å²) in [6, 6.07) is 12.0. The lowest BCUT2D eigenvalue weighted by Crippen LogP contribution is -2.41. The van der Waals surface area contributed by atoms with Crippen molar-refractivity contribution in [1.29, 1.82) is 0 Å². The summed E-state index contributed by atoms with van der Waals surface area (Å²) in [7, 11) is 3.34. The van der Waals surface area contributed by atoms with E-state index >= 15 is 0 Å². The Morgan fingerprint density at radius 3 is 2.85 bits per heavy atom. The molecule has 0 aliphatic carbocycles. The molecule has 2 heterocycles. The molecule has 2 aromatic carbocycles. The van der Waals surface area contributed by atoms with E-state index in [0.717, 1.165) is 0 Å². The Hall–Kier alpha value is -3.24. The van der Waals surface area contributed by atoms with E-state index in [9.17, 15) is 9.59 Å². The van der Waals surface area contributed by atoms with Gasteiger partial charge in [-0.2, -0.15) is 0 Å². The van der Waals surface area contributed by atoms with Crippen LogP contribution in [0.1, 0.15) is 18.8 Å². The second-order valence-corrected chi connectivity index (χ2v) is 8.63. The highest BCUT2D eigenvalue weighted by molar-refractivity contribution is 7.99. The minimum Gasteiger partial charge on any atom is -0.495 e. The van der Waals surface area contributed by atoms with Gasteiger partial charge in [0.1, 0.15) is 11.5 Å². The average Bonchev–Trinajstić information content (AvgIpc) is 3.17. The number of carbonyl (C=O) groups is 2. The van der Waals surface area contributed by atoms with Gasteiger partial charge in [0.05, 0.1) is 29.6 Å². The smallest absolute Gasteiger partial charge is 0.265 e. The fourth-order valence-electron chi connectivity index (χ4n) is 3.55. The second-order valence-electron chi connectivity index (χ2n) is 7.28. The van der Waals surface area contributed by atoms with Crippen LogP contribution in [0.2, 0.25) is 5.02 Å². The van der Waals surface area contributed by atoms with E-state index in [1.165, 1.54) is 18.9 Å². The fourth-order valence-corrected chi connectivity index (χ4v) is 4.52. The van der Waals surface area contributed by atoms with E-state index in [1.54, 1.807) is 27.7 Å². The van der Waals surface area contributed by atoms with Gasteiger partial charge in [0.25, 0.3) is 5.91 Å². The maximum Gasteiger partial charge on any atom is 0.265 e. The topological polar surface area (TPSA) is 98.6 Å². The van der Waals surface area contributed by atoms with Crippen molar-refractivity contribution >= 4 is 46.6 Å². The lowest BCUT2D eigenvalue weighted by atomic mass is 10.1. The number of halogens is 1. The number of rotatable bonds is 7. The van der Waals surface area contributed by atoms with Crippen molar-refractivity contribution in [2.75, 3.05) is 29.7 Å². The van der Waals surface area contributed by atoms with Crippen LogP contribution >= 0.6 is 23.4 Å². The van der Waals surface area contributed by atoms with Crippen LogP contribution in [0.3, 0.4) is 0 Å². The first-order valence-corrected chi connectivity index (χ1v) is 11.4. The van der Waals surface area contributed by atoms with Gasteiger partial charge in [0.2, 0.25) is 5.91 Å². The molecular formula is C22H22ClN5O4S. The standard InChI is InChI=1S/C22H22ClN5O4S/c1-13(28-16-6-4-5-7-18(16)32-11-20(28)30)21-25-26-22(27(21)2)33-12-19(29)24-14-8-9-17(31-3)15(23)10-14/h4-10,13H,11-12H2,1-3H3,(H,24,29). The first-order valence-electron chi connectivity index (χ1n) is 10.1. The van der Waals surface area contributed by atoms with Gasteiger partial charge in [-0.3, -0.25) is 14.5 Å². The van der Waals surface area contributed by atoms with Gasteiger partial charge >= 0.3 is 0 Å². The van der Waals surface area contributed by atoms with Crippen LogP contribution in [0.15, 0.2) is 47.6 Å². The predicted molar refractivity (Wildman–Crippen MR) is 126 cm³/mol. The van der Waals surface area contributed by atoms with E-state index in [1.807, 2.05) is 38.2 Å². The molecule has 0 spiro atoms. The zero-order valence-corrected chi connectivity index (χ0v) is 19.8. The van der Waals surface area contributed by atoms with E-state index in [-0.39, 0.29) is 30.2 Å². The monoisotopic (exact) mass is 487 g/mol. The number of nitrogens with zero attached hydrogens (tertiary/aromatic N) is 4. The van der Waals surface area contributed by atoms with Gasteiger partial charge < -0.3 is 19.4 Å². The van der Waals surface area contributed by atoms with Crippen LogP contribution in [0, 0.1) is 0 Å². The van der Waals surface area contributed by atoms with Gasteiger partial charge in [0, 0.05) is 12.7 Å². The molecule has 2 amide bonds. The molecule has 0 saturated carbocycles. The average molecular weight is 488 g/mol. The van der Waals surface area contributed by atoms with Gasteiger partial charge in [-0.05, 0) is 37.3 Å². The minimum atomic E-state index is -0.371. The third-order valence-electron chi connectivity index (χ3n) is 5.14. The summed E-state index contributed by atoms with van der Waals surface area (Å²) >= 11 is 7.36. The Morgan fingerprint density at radius 2 is 2.09 bits per heavy atom. The predicted octanol–water partition coefficient (Wildman–Crippen LogP) is 3.69. The third kappa shape index (κ3) is 4.76. The Morgan fingerprint density at radius 1 is 1.30 bits per heavy atom. The van der Waals surface area contributed by atoms with Crippen molar-refractivity contribution in [1.82, 2.24) is 14.8 Å². The summed E-state index contributed by atoms with van der Waals surface area (Å²) in [6.45, 7) is 1.86. The summed E-state index contributed by atoms with van der Waals surface area (Å²) in [6.07, 6.45) is 0. The molecule has 0 bridgehead atoms. The Bertz CT molecular complexity index is 1200. The fraction of sp³-hybridized carbons (Fsp3) is 0.273. The highest BCUT2D eigenvalue weighted by atomic mass is 35.5. The number of para-hydroxylation sites is 2. The number of amides is 2. The first-order chi connectivity index (χ1) is 15.9. The third-order valence-corrected chi connectivity index (χ3v) is 6.46. The summed E-state index contributed by atoms with van der Waals surface area (Å²) < 4.78 is 12.4. The number of carbonyl (C=O) groups excluding carboxylic acids is 2. The molecule has 3 aromatic rings. The number of fused-ring (bicyclic) bond motifs is 1. The van der Waals surface area contributed by atoms with E-state index < -0.39 is 0 Å². The molecule has 33 heavy (non-hydrogen) atoms. The molecular weight excluding hydrogens is 466 g/mol. The molecule has 1 unspecified atom stereocenters. The Labute approximate surface area is 200 Å². The molecule has 1 N–H and O–H groups in total. The molecule has 1 aliphatic rings. The lowest BCUT2D eigenvalue weighted by Gasteiger charge is -2.33. The van der Waals surface area contributed by atoms with Gasteiger partial charge in [-0.1, -0.05) is 35.5 Å². The zero-order chi connectivity index (χ0) is 23.5. The van der Waals surface area contributed by atoms with Crippen molar-refractivity contribution in [3.05, 3.63) is 53.3 Å². The normalized spacial score (nSPS) is 13.8. The number of thioether (sulfide) groups is 1. The van der Waals surface area contributed by atoms with Crippen LogP contribution in [0.4, 0.5) is 11.4 Å². The Balaban J connectivity index is 1.43. The van der Waals surface area contributed by atoms with Crippen molar-refractivity contribution in [2.45, 2.75) is 18.1 Å². The number of benzene rings is 2. The molecule has 0 radical (unpaired) electrons. The lowest BCUT2D eigenvalue weighted by molar-refractivity contribution is -0.121. The number of ether oxygens (including phenoxy) is 2. The molecule has 1 aliphatic heterocycles. The van der Waals surface area contributed by atoms with Crippen molar-refractivity contribution < 1.29 is 19.1 Å². The van der Waals surface area contributed by atoms with Crippen LogP contribution in [0.5, 0.6) is 11.5 Å². The van der Waals surface area contributed by atoms with Crippen LogP contribution < -0.4 is 19.7 Å². The highest BCUT2D eigenvalue weighted by Gasteiger charge is 2.32. The molecule has 4 rings (SSSR count). The second kappa shape index (κ2) is 9.72. The summed E-state index contributed by atoms with van der Waals surface area (Å²) in [5.41, 5.74) is 1.26. The molecule has 0 saturated heterocycles. The SMILES string of the molecule is COc1ccc(NC(=O)CSc2nnc(C(C)N3C(=O)COc4ccccc43)n2C)cc1Cl. The molecule has 0 fully saturated rings. The number of hydrogen-bond acceptors (Lipinski definition) is 7. The van der Waals surface area contributed by atoms with Gasteiger partial charge in [-0.25, -0.2) is 0 Å². The molecule has 11 heteroatoms. The van der Waals surface area contributed by atoms with Crippen molar-refractivity contribution in [3.63, 3.8) is 0 Å². The van der Waals surface area contributed by atoms with Crippen LogP contribution in [0.25, 0.3) is 0 Å². The Kier molecular flexibility index (Phi) is 6.75. The van der Waals surface area contributed by atoms with Crippen molar-refractivity contribution in [2.24, 2.45) is 7.05 Å². The number of hydrogen-bond donors (Lipinski definition) is 1. The molecule has 172 valence electrons. The maximum atomic E-state index is 12.6. The number of aromatic nitrogens is 3. The van der Waals surface area contributed by atoms with Crippen LogP contribution in [-0.2, 0) is 16.6 Å². The first kappa shape index (κ1) is 22.9. The largest absolute Gasteiger partial charge is 0.495 e. The summed E-state index contributed by atoms with van der Waals surface area (Å²) in [5, 5.41) is 12.3. The highest BCUT2D eigenvalue weighted by Crippen LogP contribution is 2.37. The van der Waals surface area contributed by atoms with Gasteiger partial charge in [-0.15, -0.1) is 10.2 Å². The number of nitrogens with one attached hydrogen (secondary N) is 1. The maximum absolute atomic E-state index is 12.6.